The molecule has 3 N–H and O–H groups in total. The molecule has 0 saturated heterocycles. The maximum Gasteiger partial charge on any atom is 0.282 e. The van der Waals surface area contributed by atoms with Gasteiger partial charge in [-0.3, -0.25) is 5.10 Å². The van der Waals surface area contributed by atoms with Crippen LogP contribution in [-0.4, -0.2) is 23.6 Å². The van der Waals surface area contributed by atoms with Crippen molar-refractivity contribution in [2.45, 2.75) is 25.4 Å². The second kappa shape index (κ2) is 3.43. The third-order valence-electron chi connectivity index (χ3n) is 1.37. The maximum absolute atomic E-state index is 10.8. The lowest BCUT2D eigenvalue weighted by atomic mass is 10.1. The highest BCUT2D eigenvalue weighted by Crippen LogP contribution is 2.04. The zero-order valence-corrected chi connectivity index (χ0v) is 8.30. The Morgan fingerprint density at radius 1 is 1.54 bits per heavy atom. The monoisotopic (exact) mass is 204 g/mol. The molecule has 1 rings (SSSR count). The zero-order chi connectivity index (χ0) is 10.1. The van der Waals surface area contributed by atoms with Gasteiger partial charge < -0.3 is 0 Å². The molecule has 0 aliphatic carbocycles. The van der Waals surface area contributed by atoms with Crippen LogP contribution < -0.4 is 5.14 Å². The number of primary sulfonamides is 1. The lowest BCUT2D eigenvalue weighted by Crippen LogP contribution is -2.14. The molecule has 1 aromatic rings. The average molecular weight is 204 g/mol. The normalized spacial score (nSPS) is 12.3. The molecule has 0 bridgehead atoms. The SMILES string of the molecule is CC(C)Cc1nc(S(N)(=O)=O)n[nH]1. The van der Waals surface area contributed by atoms with Gasteiger partial charge in [-0.15, -0.1) is 5.10 Å². The molecule has 0 fully saturated rings. The number of nitrogens with zero attached hydrogens (tertiary/aromatic N) is 2. The van der Waals surface area contributed by atoms with Gasteiger partial charge in [-0.05, 0) is 5.92 Å². The molecular weight excluding hydrogens is 192 g/mol. The molecule has 1 aromatic heterocycles. The predicted octanol–water partition coefficient (Wildman–Crippen LogP) is -0.349. The minimum atomic E-state index is -3.77. The van der Waals surface area contributed by atoms with Crippen LogP contribution in [0.5, 0.6) is 0 Å². The van der Waals surface area contributed by atoms with Gasteiger partial charge in [0.15, 0.2) is 0 Å². The minimum Gasteiger partial charge on any atom is -0.262 e. The zero-order valence-electron chi connectivity index (χ0n) is 7.48. The van der Waals surface area contributed by atoms with E-state index in [4.69, 9.17) is 5.14 Å². The van der Waals surface area contributed by atoms with E-state index in [1.54, 1.807) is 0 Å². The van der Waals surface area contributed by atoms with E-state index >= 15 is 0 Å². The van der Waals surface area contributed by atoms with Crippen LogP contribution in [0.25, 0.3) is 0 Å². The van der Waals surface area contributed by atoms with Crippen molar-refractivity contribution in [2.24, 2.45) is 11.1 Å². The number of aromatic nitrogens is 3. The van der Waals surface area contributed by atoms with Crippen molar-refractivity contribution in [3.8, 4) is 0 Å². The largest absolute Gasteiger partial charge is 0.282 e. The Morgan fingerprint density at radius 2 is 2.15 bits per heavy atom. The Hall–Kier alpha value is -0.950. The van der Waals surface area contributed by atoms with Gasteiger partial charge in [-0.1, -0.05) is 13.8 Å². The quantitative estimate of drug-likeness (QED) is 0.702. The molecule has 0 atom stereocenters. The van der Waals surface area contributed by atoms with E-state index in [0.29, 0.717) is 18.2 Å². The number of aromatic amines is 1. The Labute approximate surface area is 76.6 Å². The number of hydrogen-bond donors (Lipinski definition) is 2. The van der Waals surface area contributed by atoms with Crippen LogP contribution in [0.4, 0.5) is 0 Å². The summed E-state index contributed by atoms with van der Waals surface area (Å²) in [5.41, 5.74) is 0. The summed E-state index contributed by atoms with van der Waals surface area (Å²) in [6.07, 6.45) is 0.655. The third-order valence-corrected chi connectivity index (χ3v) is 2.06. The summed E-state index contributed by atoms with van der Waals surface area (Å²) >= 11 is 0. The Balaban J connectivity index is 2.88. The molecule has 0 saturated carbocycles. The molecule has 0 aliphatic rings. The number of sulfonamides is 1. The summed E-state index contributed by atoms with van der Waals surface area (Å²) in [7, 11) is -3.77. The summed E-state index contributed by atoms with van der Waals surface area (Å²) in [4.78, 5) is 3.74. The molecule has 0 spiro atoms. The topological polar surface area (TPSA) is 102 Å². The van der Waals surface area contributed by atoms with Crippen molar-refractivity contribution < 1.29 is 8.42 Å². The van der Waals surface area contributed by atoms with E-state index in [1.807, 2.05) is 13.8 Å². The van der Waals surface area contributed by atoms with Gasteiger partial charge in [-0.2, -0.15) is 0 Å². The fourth-order valence-electron chi connectivity index (χ4n) is 0.883. The van der Waals surface area contributed by atoms with Gasteiger partial charge >= 0.3 is 0 Å². The van der Waals surface area contributed by atoms with Gasteiger partial charge in [0.05, 0.1) is 0 Å². The third kappa shape index (κ3) is 2.78. The highest BCUT2D eigenvalue weighted by molar-refractivity contribution is 7.89. The first kappa shape index (κ1) is 10.1. The molecule has 6 nitrogen and oxygen atoms in total. The standard InChI is InChI=1S/C6H12N4O2S/c1-4(2)3-5-8-6(10-9-5)13(7,11)12/h4H,3H2,1-2H3,(H2,7,11,12)(H,8,9,10). The summed E-state index contributed by atoms with van der Waals surface area (Å²) in [6.45, 7) is 4.00. The van der Waals surface area contributed by atoms with Crippen molar-refractivity contribution in [2.75, 3.05) is 0 Å². The molecule has 0 aliphatic heterocycles. The molecule has 74 valence electrons. The molecule has 0 unspecified atom stereocenters. The lowest BCUT2D eigenvalue weighted by Gasteiger charge is -1.97. The van der Waals surface area contributed by atoms with Crippen LogP contribution in [0.2, 0.25) is 0 Å². The Morgan fingerprint density at radius 3 is 2.54 bits per heavy atom. The highest BCUT2D eigenvalue weighted by atomic mass is 32.2. The predicted molar refractivity (Wildman–Crippen MR) is 46.3 cm³/mol. The fraction of sp³-hybridized carbons (Fsp3) is 0.667. The molecule has 0 amide bonds. The van der Waals surface area contributed by atoms with E-state index in [-0.39, 0.29) is 5.16 Å². The molecular formula is C6H12N4O2S. The van der Waals surface area contributed by atoms with Crippen molar-refractivity contribution in [3.05, 3.63) is 5.82 Å². The number of hydrogen-bond acceptors (Lipinski definition) is 4. The highest BCUT2D eigenvalue weighted by Gasteiger charge is 2.14. The minimum absolute atomic E-state index is 0.344. The van der Waals surface area contributed by atoms with Crippen LogP contribution in [0.3, 0.4) is 0 Å². The number of nitrogens with two attached hydrogens (primary N) is 1. The summed E-state index contributed by atoms with van der Waals surface area (Å²) in [5.74, 6) is 0.931. The van der Waals surface area contributed by atoms with Crippen molar-refractivity contribution in [1.29, 1.82) is 0 Å². The van der Waals surface area contributed by atoms with Crippen LogP contribution in [-0.2, 0) is 16.4 Å². The van der Waals surface area contributed by atoms with Gasteiger partial charge in [0, 0.05) is 6.42 Å². The van der Waals surface area contributed by atoms with E-state index in [1.165, 1.54) is 0 Å². The average Bonchev–Trinajstić information content (AvgIpc) is 2.32. The maximum atomic E-state index is 10.8. The van der Waals surface area contributed by atoms with Crippen molar-refractivity contribution in [1.82, 2.24) is 15.2 Å². The summed E-state index contributed by atoms with van der Waals surface area (Å²) < 4.78 is 21.5. The van der Waals surface area contributed by atoms with Crippen LogP contribution in [0.15, 0.2) is 5.16 Å². The van der Waals surface area contributed by atoms with Crippen LogP contribution in [0.1, 0.15) is 19.7 Å². The molecule has 0 aromatic carbocycles. The van der Waals surface area contributed by atoms with Gasteiger partial charge in [0.1, 0.15) is 5.82 Å². The number of rotatable bonds is 3. The van der Waals surface area contributed by atoms with E-state index in [2.05, 4.69) is 15.2 Å². The fourth-order valence-corrected chi connectivity index (χ4v) is 1.29. The van der Waals surface area contributed by atoms with E-state index in [9.17, 15) is 8.42 Å². The molecule has 0 radical (unpaired) electrons. The first-order chi connectivity index (χ1) is 5.89. The first-order valence-corrected chi connectivity index (χ1v) is 5.38. The molecule has 1 heterocycles. The number of nitrogens with one attached hydrogen (secondary N) is 1. The Kier molecular flexibility index (Phi) is 2.67. The van der Waals surface area contributed by atoms with Crippen LogP contribution >= 0.6 is 0 Å². The molecule has 7 heteroatoms. The first-order valence-electron chi connectivity index (χ1n) is 3.83. The second-order valence-corrected chi connectivity index (χ2v) is 4.66. The lowest BCUT2D eigenvalue weighted by molar-refractivity contribution is 0.588. The van der Waals surface area contributed by atoms with E-state index < -0.39 is 10.0 Å². The second-order valence-electron chi connectivity index (χ2n) is 3.21. The smallest absolute Gasteiger partial charge is 0.262 e. The van der Waals surface area contributed by atoms with Gasteiger partial charge in [-0.25, -0.2) is 18.5 Å². The Bertz CT molecular complexity index is 381. The molecule has 13 heavy (non-hydrogen) atoms. The van der Waals surface area contributed by atoms with Gasteiger partial charge in [0.2, 0.25) is 0 Å². The van der Waals surface area contributed by atoms with Crippen molar-refractivity contribution in [3.63, 3.8) is 0 Å². The number of H-pyrrole nitrogens is 1. The van der Waals surface area contributed by atoms with E-state index in [0.717, 1.165) is 0 Å². The van der Waals surface area contributed by atoms with Crippen molar-refractivity contribution >= 4 is 10.0 Å². The summed E-state index contributed by atoms with van der Waals surface area (Å²) in [6, 6.07) is 0. The van der Waals surface area contributed by atoms with Crippen LogP contribution in [0, 0.1) is 5.92 Å². The summed E-state index contributed by atoms with van der Waals surface area (Å²) in [5, 5.41) is 10.5. The van der Waals surface area contributed by atoms with Gasteiger partial charge in [0.25, 0.3) is 15.2 Å².